The highest BCUT2D eigenvalue weighted by Crippen LogP contribution is 2.25. The van der Waals surface area contributed by atoms with E-state index in [2.05, 4.69) is 0 Å². The summed E-state index contributed by atoms with van der Waals surface area (Å²) in [6.07, 6.45) is -1.20. The molecule has 21 heavy (non-hydrogen) atoms. The molecule has 1 aliphatic heterocycles. The smallest absolute Gasteiger partial charge is 0.410 e. The van der Waals surface area contributed by atoms with Crippen molar-refractivity contribution < 1.29 is 19.4 Å². The maximum atomic E-state index is 12.3. The summed E-state index contributed by atoms with van der Waals surface area (Å²) in [4.78, 5) is 13.9. The molecule has 1 heterocycles. The molecule has 5 heteroatoms. The van der Waals surface area contributed by atoms with Gasteiger partial charge in [-0.25, -0.2) is 4.79 Å². The molecule has 116 valence electrons. The molecule has 5 nitrogen and oxygen atoms in total. The number of carbonyl (C=O) groups is 1. The van der Waals surface area contributed by atoms with E-state index in [1.54, 1.807) is 4.90 Å². The minimum atomic E-state index is -0.793. The number of aliphatic hydroxyl groups is 1. The normalized spacial score (nSPS) is 21.0. The first-order valence-corrected chi connectivity index (χ1v) is 7.19. The number of ether oxygens (including phenoxy) is 2. The van der Waals surface area contributed by atoms with Gasteiger partial charge in [0.1, 0.15) is 11.7 Å². The Balaban J connectivity index is 2.13. The second-order valence-electron chi connectivity index (χ2n) is 6.17. The molecular weight excluding hydrogens is 270 g/mol. The Morgan fingerprint density at radius 2 is 2.05 bits per heavy atom. The first kappa shape index (κ1) is 15.8. The first-order valence-electron chi connectivity index (χ1n) is 7.19. The lowest BCUT2D eigenvalue weighted by Gasteiger charge is -2.38. The third kappa shape index (κ3) is 4.19. The summed E-state index contributed by atoms with van der Waals surface area (Å²) in [5.74, 6) is 0. The third-order valence-corrected chi connectivity index (χ3v) is 3.30. The van der Waals surface area contributed by atoms with Gasteiger partial charge in [0.15, 0.2) is 0 Å². The Kier molecular flexibility index (Phi) is 4.85. The van der Waals surface area contributed by atoms with E-state index in [4.69, 9.17) is 9.47 Å². The molecule has 2 atom stereocenters. The van der Waals surface area contributed by atoms with Crippen LogP contribution in [0.25, 0.3) is 0 Å². The number of hydrogen-bond acceptors (Lipinski definition) is 4. The molecule has 1 aliphatic rings. The maximum absolute atomic E-state index is 12.3. The Bertz CT molecular complexity index is 469. The standard InChI is InChI=1S/C16H23NO4/c1-16(2,3)21-15(19)17-9-10-20-11-13(17)14(18)12-7-5-4-6-8-12/h4-8,13-14,18H,9-11H2,1-3H3. The van der Waals surface area contributed by atoms with Crippen LogP contribution in [0.1, 0.15) is 32.4 Å². The second-order valence-corrected chi connectivity index (χ2v) is 6.17. The Hall–Kier alpha value is -1.59. The summed E-state index contributed by atoms with van der Waals surface area (Å²) in [6.45, 7) is 6.66. The van der Waals surface area contributed by atoms with Crippen LogP contribution < -0.4 is 0 Å². The predicted octanol–water partition coefficient (Wildman–Crippen LogP) is 2.36. The number of carbonyl (C=O) groups excluding carboxylic acids is 1. The van der Waals surface area contributed by atoms with E-state index in [1.807, 2.05) is 51.1 Å². The van der Waals surface area contributed by atoms with E-state index in [0.29, 0.717) is 19.8 Å². The van der Waals surface area contributed by atoms with E-state index < -0.39 is 23.8 Å². The summed E-state index contributed by atoms with van der Waals surface area (Å²) in [5, 5.41) is 10.5. The number of aliphatic hydroxyl groups excluding tert-OH is 1. The van der Waals surface area contributed by atoms with E-state index in [9.17, 15) is 9.90 Å². The molecule has 1 aromatic rings. The lowest BCUT2D eigenvalue weighted by atomic mass is 10.0. The van der Waals surface area contributed by atoms with Crippen molar-refractivity contribution >= 4 is 6.09 Å². The molecule has 0 aliphatic carbocycles. The van der Waals surface area contributed by atoms with Crippen molar-refractivity contribution in [2.75, 3.05) is 19.8 Å². The minimum Gasteiger partial charge on any atom is -0.444 e. The molecule has 2 rings (SSSR count). The van der Waals surface area contributed by atoms with Crippen LogP contribution in [0.5, 0.6) is 0 Å². The Morgan fingerprint density at radius 3 is 2.67 bits per heavy atom. The van der Waals surface area contributed by atoms with Gasteiger partial charge in [-0.2, -0.15) is 0 Å². The number of nitrogens with zero attached hydrogens (tertiary/aromatic N) is 1. The molecule has 1 saturated heterocycles. The zero-order valence-electron chi connectivity index (χ0n) is 12.8. The van der Waals surface area contributed by atoms with Crippen molar-refractivity contribution in [2.45, 2.75) is 38.5 Å². The molecule has 1 amide bonds. The largest absolute Gasteiger partial charge is 0.444 e. The highest BCUT2D eigenvalue weighted by Gasteiger charge is 2.35. The number of amides is 1. The van der Waals surface area contributed by atoms with Crippen LogP contribution in [0, 0.1) is 0 Å². The van der Waals surface area contributed by atoms with Crippen LogP contribution in [0.2, 0.25) is 0 Å². The van der Waals surface area contributed by atoms with Crippen molar-refractivity contribution in [1.82, 2.24) is 4.90 Å². The van der Waals surface area contributed by atoms with Gasteiger partial charge in [0.05, 0.1) is 19.3 Å². The van der Waals surface area contributed by atoms with Crippen molar-refractivity contribution in [3.63, 3.8) is 0 Å². The number of rotatable bonds is 2. The van der Waals surface area contributed by atoms with Gasteiger partial charge in [0.25, 0.3) is 0 Å². The fraction of sp³-hybridized carbons (Fsp3) is 0.562. The van der Waals surface area contributed by atoms with E-state index >= 15 is 0 Å². The maximum Gasteiger partial charge on any atom is 0.410 e. The molecule has 0 saturated carbocycles. The fourth-order valence-electron chi connectivity index (χ4n) is 2.30. The minimum absolute atomic E-state index is 0.301. The van der Waals surface area contributed by atoms with E-state index in [0.717, 1.165) is 5.56 Å². The zero-order chi connectivity index (χ0) is 15.5. The molecule has 2 unspecified atom stereocenters. The summed E-state index contributed by atoms with van der Waals surface area (Å²) in [5.41, 5.74) is 0.207. The van der Waals surface area contributed by atoms with Crippen LogP contribution in [-0.4, -0.2) is 47.5 Å². The molecule has 0 radical (unpaired) electrons. The van der Waals surface area contributed by atoms with Gasteiger partial charge in [-0.1, -0.05) is 30.3 Å². The van der Waals surface area contributed by atoms with Crippen molar-refractivity contribution in [2.24, 2.45) is 0 Å². The predicted molar refractivity (Wildman–Crippen MR) is 78.9 cm³/mol. The SMILES string of the molecule is CC(C)(C)OC(=O)N1CCOCC1C(O)c1ccccc1. The van der Waals surface area contributed by atoms with E-state index in [1.165, 1.54) is 0 Å². The van der Waals surface area contributed by atoms with Gasteiger partial charge in [0, 0.05) is 6.54 Å². The molecule has 1 N–H and O–H groups in total. The molecule has 1 fully saturated rings. The Morgan fingerprint density at radius 1 is 1.38 bits per heavy atom. The molecule has 1 aromatic carbocycles. The van der Waals surface area contributed by atoms with Crippen LogP contribution >= 0.6 is 0 Å². The Labute approximate surface area is 125 Å². The van der Waals surface area contributed by atoms with Crippen LogP contribution in [0.15, 0.2) is 30.3 Å². The van der Waals surface area contributed by atoms with Gasteiger partial charge in [0.2, 0.25) is 0 Å². The van der Waals surface area contributed by atoms with Crippen molar-refractivity contribution in [3.05, 3.63) is 35.9 Å². The van der Waals surface area contributed by atoms with Crippen LogP contribution in [0.4, 0.5) is 4.79 Å². The lowest BCUT2D eigenvalue weighted by molar-refractivity contribution is -0.0672. The van der Waals surface area contributed by atoms with Gasteiger partial charge >= 0.3 is 6.09 Å². The summed E-state index contributed by atoms with van der Waals surface area (Å²) in [6, 6.07) is 8.86. The molecule has 0 bridgehead atoms. The lowest BCUT2D eigenvalue weighted by Crippen LogP contribution is -2.52. The van der Waals surface area contributed by atoms with Gasteiger partial charge in [-0.3, -0.25) is 4.90 Å². The molecule has 0 spiro atoms. The zero-order valence-corrected chi connectivity index (χ0v) is 12.8. The van der Waals surface area contributed by atoms with Crippen LogP contribution in [0.3, 0.4) is 0 Å². The average Bonchev–Trinajstić information content (AvgIpc) is 2.45. The number of hydrogen-bond donors (Lipinski definition) is 1. The fourth-order valence-corrected chi connectivity index (χ4v) is 2.30. The van der Waals surface area contributed by atoms with Crippen molar-refractivity contribution in [3.8, 4) is 0 Å². The molecular formula is C16H23NO4. The van der Waals surface area contributed by atoms with E-state index in [-0.39, 0.29) is 0 Å². The third-order valence-electron chi connectivity index (χ3n) is 3.30. The second kappa shape index (κ2) is 6.45. The summed E-state index contributed by atoms with van der Waals surface area (Å²) in [7, 11) is 0. The van der Waals surface area contributed by atoms with Crippen LogP contribution in [-0.2, 0) is 9.47 Å². The summed E-state index contributed by atoms with van der Waals surface area (Å²) < 4.78 is 10.8. The molecule has 0 aromatic heterocycles. The highest BCUT2D eigenvalue weighted by atomic mass is 16.6. The topological polar surface area (TPSA) is 59.0 Å². The van der Waals surface area contributed by atoms with Gasteiger partial charge < -0.3 is 14.6 Å². The first-order chi connectivity index (χ1) is 9.88. The monoisotopic (exact) mass is 293 g/mol. The average molecular weight is 293 g/mol. The number of morpholine rings is 1. The number of benzene rings is 1. The van der Waals surface area contributed by atoms with Crippen molar-refractivity contribution in [1.29, 1.82) is 0 Å². The van der Waals surface area contributed by atoms with Gasteiger partial charge in [-0.05, 0) is 26.3 Å². The quantitative estimate of drug-likeness (QED) is 0.909. The van der Waals surface area contributed by atoms with Gasteiger partial charge in [-0.15, -0.1) is 0 Å². The summed E-state index contributed by atoms with van der Waals surface area (Å²) >= 11 is 0. The highest BCUT2D eigenvalue weighted by molar-refractivity contribution is 5.68.